The third-order valence-electron chi connectivity index (χ3n) is 5.08. The summed E-state index contributed by atoms with van der Waals surface area (Å²) in [5.74, 6) is -2.95. The highest BCUT2D eigenvalue weighted by atomic mass is 19.4. The maximum Gasteiger partial charge on any atom is 0.418 e. The fourth-order valence-corrected chi connectivity index (χ4v) is 3.42. The fourth-order valence-electron chi connectivity index (χ4n) is 3.42. The van der Waals surface area contributed by atoms with Crippen molar-refractivity contribution in [3.8, 4) is 0 Å². The molecule has 2 amide bonds. The van der Waals surface area contributed by atoms with E-state index < -0.39 is 53.9 Å². The van der Waals surface area contributed by atoms with Crippen molar-refractivity contribution in [3.05, 3.63) is 29.8 Å². The number of carbonyl (C=O) groups is 2. The molecule has 2 rings (SSSR count). The molecular weight excluding hydrogens is 416 g/mol. The Balaban J connectivity index is 1.98. The lowest BCUT2D eigenvalue weighted by atomic mass is 9.96. The molecule has 2 atom stereocenters. The van der Waals surface area contributed by atoms with Crippen molar-refractivity contribution in [1.29, 1.82) is 0 Å². The van der Waals surface area contributed by atoms with Gasteiger partial charge in [0.05, 0.1) is 29.8 Å². The van der Waals surface area contributed by atoms with Gasteiger partial charge >= 0.3 is 12.4 Å². The first-order chi connectivity index (χ1) is 13.8. The van der Waals surface area contributed by atoms with Crippen molar-refractivity contribution in [2.45, 2.75) is 38.2 Å². The van der Waals surface area contributed by atoms with E-state index >= 15 is 0 Å². The van der Waals surface area contributed by atoms with E-state index in [9.17, 15) is 35.9 Å². The van der Waals surface area contributed by atoms with Crippen LogP contribution >= 0.6 is 0 Å². The van der Waals surface area contributed by atoms with Gasteiger partial charge < -0.3 is 10.2 Å². The van der Waals surface area contributed by atoms with Crippen molar-refractivity contribution >= 4 is 17.5 Å². The Kier molecular flexibility index (Phi) is 7.38. The van der Waals surface area contributed by atoms with Gasteiger partial charge in [0.25, 0.3) is 0 Å². The molecule has 0 unspecified atom stereocenters. The zero-order valence-electron chi connectivity index (χ0n) is 16.5. The molecule has 0 spiro atoms. The third kappa shape index (κ3) is 6.10. The molecule has 0 bridgehead atoms. The summed E-state index contributed by atoms with van der Waals surface area (Å²) in [6.07, 6.45) is -8.72. The van der Waals surface area contributed by atoms with E-state index in [2.05, 4.69) is 5.32 Å². The monoisotopic (exact) mass is 439 g/mol. The average molecular weight is 439 g/mol. The van der Waals surface area contributed by atoms with Crippen molar-refractivity contribution in [2.24, 2.45) is 5.92 Å². The standard InChI is InChI=1S/C19H23F6N3O2/c1-12(28-9-5-6-13(10-28)18(20,21)22)17(30)27(2)11-16(29)26-15-8-4-3-7-14(15)19(23,24)25/h3-4,7-8,12-13H,5-6,9-11H2,1-2H3,(H,26,29)/t12-,13-/m0/s1. The molecule has 1 aromatic rings. The van der Waals surface area contributed by atoms with Crippen molar-refractivity contribution in [2.75, 3.05) is 32.0 Å². The average Bonchev–Trinajstić information content (AvgIpc) is 2.65. The second kappa shape index (κ2) is 9.23. The minimum absolute atomic E-state index is 0.00221. The maximum atomic E-state index is 13.0. The van der Waals surface area contributed by atoms with Crippen LogP contribution in [0.4, 0.5) is 32.0 Å². The van der Waals surface area contributed by atoms with Gasteiger partial charge in [0.2, 0.25) is 11.8 Å². The minimum Gasteiger partial charge on any atom is -0.335 e. The number of amides is 2. The summed E-state index contributed by atoms with van der Waals surface area (Å²) in [4.78, 5) is 27.1. The van der Waals surface area contributed by atoms with Crippen molar-refractivity contribution < 1.29 is 35.9 Å². The van der Waals surface area contributed by atoms with Gasteiger partial charge in [-0.05, 0) is 38.4 Å². The van der Waals surface area contributed by atoms with E-state index in [0.29, 0.717) is 13.0 Å². The number of anilines is 1. The number of likely N-dealkylation sites (tertiary alicyclic amines) is 1. The number of likely N-dealkylation sites (N-methyl/N-ethyl adjacent to an activating group) is 1. The molecule has 30 heavy (non-hydrogen) atoms. The number of halogens is 6. The van der Waals surface area contributed by atoms with Gasteiger partial charge in [0.15, 0.2) is 0 Å². The first-order valence-corrected chi connectivity index (χ1v) is 9.32. The van der Waals surface area contributed by atoms with Gasteiger partial charge in [0.1, 0.15) is 0 Å². The number of alkyl halides is 6. The smallest absolute Gasteiger partial charge is 0.335 e. The van der Waals surface area contributed by atoms with Crippen LogP contribution < -0.4 is 5.32 Å². The number of carbonyl (C=O) groups excluding carboxylic acids is 2. The highest BCUT2D eigenvalue weighted by Crippen LogP contribution is 2.35. The Hall–Kier alpha value is -2.30. The lowest BCUT2D eigenvalue weighted by molar-refractivity contribution is -0.189. The summed E-state index contributed by atoms with van der Waals surface area (Å²) >= 11 is 0. The van der Waals surface area contributed by atoms with Crippen LogP contribution in [0.15, 0.2) is 24.3 Å². The number of benzene rings is 1. The predicted molar refractivity (Wildman–Crippen MR) is 97.5 cm³/mol. The zero-order chi connectivity index (χ0) is 22.7. The number of nitrogens with one attached hydrogen (secondary N) is 1. The minimum atomic E-state index is -4.66. The van der Waals surface area contributed by atoms with Crippen LogP contribution in [0.3, 0.4) is 0 Å². The van der Waals surface area contributed by atoms with Crippen LogP contribution in [0.2, 0.25) is 0 Å². The van der Waals surface area contributed by atoms with E-state index in [4.69, 9.17) is 0 Å². The van der Waals surface area contributed by atoms with Crippen LogP contribution in [0.1, 0.15) is 25.3 Å². The van der Waals surface area contributed by atoms with Gasteiger partial charge in [-0.15, -0.1) is 0 Å². The molecule has 168 valence electrons. The van der Waals surface area contributed by atoms with Gasteiger partial charge in [-0.2, -0.15) is 26.3 Å². The highest BCUT2D eigenvalue weighted by Gasteiger charge is 2.43. The molecule has 1 aromatic carbocycles. The molecule has 1 N–H and O–H groups in total. The number of nitrogens with zero attached hydrogens (tertiary/aromatic N) is 2. The van der Waals surface area contributed by atoms with E-state index in [-0.39, 0.29) is 13.0 Å². The molecule has 0 saturated carbocycles. The van der Waals surface area contributed by atoms with Gasteiger partial charge in [-0.25, -0.2) is 0 Å². The zero-order valence-corrected chi connectivity index (χ0v) is 16.5. The Morgan fingerprint density at radius 3 is 2.43 bits per heavy atom. The third-order valence-corrected chi connectivity index (χ3v) is 5.08. The molecular formula is C19H23F6N3O2. The number of hydrogen-bond donors (Lipinski definition) is 1. The highest BCUT2D eigenvalue weighted by molar-refractivity contribution is 5.95. The lowest BCUT2D eigenvalue weighted by Crippen LogP contribution is -2.52. The lowest BCUT2D eigenvalue weighted by Gasteiger charge is -2.37. The molecule has 1 heterocycles. The summed E-state index contributed by atoms with van der Waals surface area (Å²) in [7, 11) is 1.28. The summed E-state index contributed by atoms with van der Waals surface area (Å²) in [5, 5.41) is 2.13. The number of hydrogen-bond acceptors (Lipinski definition) is 3. The topological polar surface area (TPSA) is 52.7 Å². The van der Waals surface area contributed by atoms with Crippen LogP contribution in [0.5, 0.6) is 0 Å². The maximum absolute atomic E-state index is 13.0. The van der Waals surface area contributed by atoms with Crippen LogP contribution in [0.25, 0.3) is 0 Å². The molecule has 1 saturated heterocycles. The molecule has 1 aliphatic heterocycles. The predicted octanol–water partition coefficient (Wildman–Crippen LogP) is 3.77. The molecule has 1 aliphatic rings. The molecule has 1 fully saturated rings. The number of piperidine rings is 1. The van der Waals surface area contributed by atoms with Crippen molar-refractivity contribution in [3.63, 3.8) is 0 Å². The Morgan fingerprint density at radius 2 is 1.83 bits per heavy atom. The largest absolute Gasteiger partial charge is 0.418 e. The Bertz CT molecular complexity index is 765. The first kappa shape index (κ1) is 24.0. The normalized spacial score (nSPS) is 19.3. The second-order valence-corrected chi connectivity index (χ2v) is 7.34. The molecule has 5 nitrogen and oxygen atoms in total. The fraction of sp³-hybridized carbons (Fsp3) is 0.579. The Labute approximate surface area is 170 Å². The van der Waals surface area contributed by atoms with Crippen LogP contribution in [-0.2, 0) is 15.8 Å². The number of para-hydroxylation sites is 1. The quantitative estimate of drug-likeness (QED) is 0.711. The molecule has 0 radical (unpaired) electrons. The van der Waals surface area contributed by atoms with E-state index in [1.165, 1.54) is 31.0 Å². The summed E-state index contributed by atoms with van der Waals surface area (Å²) in [5.41, 5.74) is -1.46. The van der Waals surface area contributed by atoms with E-state index in [1.54, 1.807) is 0 Å². The number of rotatable bonds is 5. The van der Waals surface area contributed by atoms with Gasteiger partial charge in [-0.3, -0.25) is 14.5 Å². The van der Waals surface area contributed by atoms with Gasteiger partial charge in [-0.1, -0.05) is 12.1 Å². The van der Waals surface area contributed by atoms with Crippen molar-refractivity contribution in [1.82, 2.24) is 9.80 Å². The first-order valence-electron chi connectivity index (χ1n) is 9.32. The molecule has 0 aromatic heterocycles. The van der Waals surface area contributed by atoms with Crippen LogP contribution in [-0.4, -0.2) is 60.5 Å². The van der Waals surface area contributed by atoms with Crippen LogP contribution in [0, 0.1) is 5.92 Å². The summed E-state index contributed by atoms with van der Waals surface area (Å²) in [6, 6.07) is 3.53. The van der Waals surface area contributed by atoms with Gasteiger partial charge in [0, 0.05) is 13.6 Å². The van der Waals surface area contributed by atoms with E-state index in [1.807, 2.05) is 0 Å². The molecule has 0 aliphatic carbocycles. The second-order valence-electron chi connectivity index (χ2n) is 7.34. The van der Waals surface area contributed by atoms with E-state index in [0.717, 1.165) is 17.0 Å². The molecule has 11 heteroatoms. The summed E-state index contributed by atoms with van der Waals surface area (Å²) < 4.78 is 78.0. The Morgan fingerprint density at radius 1 is 1.20 bits per heavy atom. The SMILES string of the molecule is C[C@@H](C(=O)N(C)CC(=O)Nc1ccccc1C(F)(F)F)N1CCC[C@H](C(F)(F)F)C1. The summed E-state index contributed by atoms with van der Waals surface area (Å²) in [6.45, 7) is 0.925.